The Kier molecular flexibility index (Phi) is 1.27. The third-order valence-electron chi connectivity index (χ3n) is 1.87. The molecule has 0 aromatic carbocycles. The summed E-state index contributed by atoms with van der Waals surface area (Å²) in [5.74, 6) is 0.390. The van der Waals surface area contributed by atoms with Crippen LogP contribution in [0.4, 0.5) is 0 Å². The molecule has 2 fully saturated rings. The Balaban J connectivity index is 2.01. The minimum atomic E-state index is 0.390. The summed E-state index contributed by atoms with van der Waals surface area (Å²) in [5.41, 5.74) is 0. The number of amides is 1. The number of hydrogen-bond acceptors (Lipinski definition) is 1. The van der Waals surface area contributed by atoms with Gasteiger partial charge in [-0.15, -0.1) is 0 Å². The number of hydrogen-bond donors (Lipinski definition) is 0. The average Bonchev–Trinajstić information content (AvgIpc) is 1.86. The van der Waals surface area contributed by atoms with Crippen LogP contribution in [-0.4, -0.2) is 37.2 Å². The Morgan fingerprint density at radius 1 is 1.67 bits per heavy atom. The van der Waals surface area contributed by atoms with Gasteiger partial charge in [0.05, 0.1) is 0 Å². The number of nitrogens with zero attached hydrogens (tertiary/aromatic N) is 1. The van der Waals surface area contributed by atoms with Gasteiger partial charge in [-0.2, -0.15) is 0 Å². The molecule has 0 N–H and O–H groups in total. The van der Waals surface area contributed by atoms with Crippen molar-refractivity contribution < 1.29 is 4.79 Å². The van der Waals surface area contributed by atoms with E-state index in [9.17, 15) is 4.79 Å². The summed E-state index contributed by atoms with van der Waals surface area (Å²) in [7, 11) is 0. The van der Waals surface area contributed by atoms with Crippen LogP contribution in [0.1, 0.15) is 12.8 Å². The molecule has 2 rings (SSSR count). The van der Waals surface area contributed by atoms with Gasteiger partial charge in [-0.3, -0.25) is 0 Å². The summed E-state index contributed by atoms with van der Waals surface area (Å²) >= 11 is 0.756. The number of rotatable bonds is 0. The fraction of sp³-hybridized carbons (Fsp3) is 0.833. The van der Waals surface area contributed by atoms with Gasteiger partial charge in [0.25, 0.3) is 0 Å². The van der Waals surface area contributed by atoms with Crippen LogP contribution in [0.15, 0.2) is 0 Å². The second-order valence-electron chi connectivity index (χ2n) is 2.47. The minimum absolute atomic E-state index is 0.390. The van der Waals surface area contributed by atoms with Crippen molar-refractivity contribution in [2.24, 2.45) is 0 Å². The summed E-state index contributed by atoms with van der Waals surface area (Å²) in [6.07, 6.45) is 2.11. The van der Waals surface area contributed by atoms with Crippen molar-refractivity contribution in [3.05, 3.63) is 0 Å². The second kappa shape index (κ2) is 1.99. The normalized spacial score (nSPS) is 33.6. The maximum atomic E-state index is 10.8. The fourth-order valence-electron chi connectivity index (χ4n) is 1.30. The monoisotopic (exact) mass is 191 g/mol. The Hall–Kier alpha value is -0.0105. The predicted octanol–water partition coefficient (Wildman–Crippen LogP) is 0.0710. The van der Waals surface area contributed by atoms with E-state index in [2.05, 4.69) is 0 Å². The van der Waals surface area contributed by atoms with E-state index in [0.717, 1.165) is 27.9 Å². The van der Waals surface area contributed by atoms with Gasteiger partial charge in [-0.25, -0.2) is 0 Å². The van der Waals surface area contributed by atoms with Gasteiger partial charge < -0.3 is 0 Å². The van der Waals surface area contributed by atoms with Crippen molar-refractivity contribution in [1.82, 2.24) is 4.90 Å². The predicted molar refractivity (Wildman–Crippen MR) is 35.3 cm³/mol. The molecule has 0 aromatic heterocycles. The van der Waals surface area contributed by atoms with E-state index in [1.54, 1.807) is 0 Å². The fourth-order valence-corrected chi connectivity index (χ4v) is 3.88. The SMILES string of the molecule is O=C1C[C@H]2[Se]CCCN12. The van der Waals surface area contributed by atoms with Crippen LogP contribution in [0, 0.1) is 0 Å². The molecule has 2 saturated heterocycles. The van der Waals surface area contributed by atoms with Gasteiger partial charge in [0.15, 0.2) is 0 Å². The van der Waals surface area contributed by atoms with Crippen LogP contribution in [0.5, 0.6) is 0 Å². The van der Waals surface area contributed by atoms with Crippen molar-refractivity contribution in [3.63, 3.8) is 0 Å². The summed E-state index contributed by atoms with van der Waals surface area (Å²) in [6.45, 7) is 1.05. The average molecular weight is 190 g/mol. The van der Waals surface area contributed by atoms with Crippen molar-refractivity contribution in [2.45, 2.75) is 23.1 Å². The second-order valence-corrected chi connectivity index (χ2v) is 5.17. The molecule has 0 spiro atoms. The molecule has 0 unspecified atom stereocenters. The van der Waals surface area contributed by atoms with E-state index in [4.69, 9.17) is 0 Å². The van der Waals surface area contributed by atoms with Crippen LogP contribution in [-0.2, 0) is 4.79 Å². The number of β-lactam (4-membered cyclic amide) rings is 1. The molecule has 2 aliphatic heterocycles. The zero-order valence-electron chi connectivity index (χ0n) is 5.17. The van der Waals surface area contributed by atoms with Gasteiger partial charge in [0.2, 0.25) is 0 Å². The molecule has 2 heterocycles. The van der Waals surface area contributed by atoms with E-state index in [1.807, 2.05) is 4.90 Å². The summed E-state index contributed by atoms with van der Waals surface area (Å²) < 4.78 is 0. The molecular weight excluding hydrogens is 181 g/mol. The molecule has 2 nitrogen and oxygen atoms in total. The molecule has 0 radical (unpaired) electrons. The molecule has 0 aromatic rings. The number of carbonyl (C=O) groups is 1. The van der Waals surface area contributed by atoms with E-state index in [1.165, 1.54) is 11.7 Å². The van der Waals surface area contributed by atoms with Crippen molar-refractivity contribution >= 4 is 20.9 Å². The molecule has 1 amide bonds. The van der Waals surface area contributed by atoms with Crippen LogP contribution in [0.2, 0.25) is 5.32 Å². The molecule has 9 heavy (non-hydrogen) atoms. The number of fused-ring (bicyclic) bond motifs is 1. The van der Waals surface area contributed by atoms with E-state index in [-0.39, 0.29) is 0 Å². The first kappa shape index (κ1) is 5.75. The first-order valence-electron chi connectivity index (χ1n) is 3.29. The molecule has 3 heteroatoms. The molecule has 50 valence electrons. The van der Waals surface area contributed by atoms with E-state index >= 15 is 0 Å². The van der Waals surface area contributed by atoms with Gasteiger partial charge in [0, 0.05) is 0 Å². The zero-order chi connectivity index (χ0) is 6.27. The van der Waals surface area contributed by atoms with E-state index in [0.29, 0.717) is 10.8 Å². The van der Waals surface area contributed by atoms with Crippen molar-refractivity contribution in [2.75, 3.05) is 6.54 Å². The van der Waals surface area contributed by atoms with Crippen LogP contribution in [0.3, 0.4) is 0 Å². The van der Waals surface area contributed by atoms with Crippen molar-refractivity contribution in [3.8, 4) is 0 Å². The Morgan fingerprint density at radius 3 is 3.11 bits per heavy atom. The van der Waals surface area contributed by atoms with Gasteiger partial charge in [-0.1, -0.05) is 0 Å². The Morgan fingerprint density at radius 2 is 2.56 bits per heavy atom. The topological polar surface area (TPSA) is 20.3 Å². The Bertz CT molecular complexity index is 148. The van der Waals surface area contributed by atoms with Crippen molar-refractivity contribution in [1.29, 1.82) is 0 Å². The summed E-state index contributed by atoms with van der Waals surface area (Å²) in [6, 6.07) is 0. The van der Waals surface area contributed by atoms with Gasteiger partial charge in [0.1, 0.15) is 0 Å². The molecule has 1 atom stereocenters. The molecule has 2 aliphatic rings. The van der Waals surface area contributed by atoms with Crippen LogP contribution in [0.25, 0.3) is 0 Å². The zero-order valence-corrected chi connectivity index (χ0v) is 6.88. The van der Waals surface area contributed by atoms with Crippen LogP contribution >= 0.6 is 0 Å². The Labute approximate surface area is 60.8 Å². The molecule has 0 aliphatic carbocycles. The van der Waals surface area contributed by atoms with Gasteiger partial charge >= 0.3 is 60.2 Å². The molecular formula is C6H9NOSe. The standard InChI is InChI=1S/C6H9NOSe/c8-5-4-6-7(5)2-1-3-9-6/h6H,1-4H2/t6-/m1/s1. The summed E-state index contributed by atoms with van der Waals surface area (Å²) in [5, 5.41) is 1.39. The third-order valence-corrected chi connectivity index (χ3v) is 4.66. The van der Waals surface area contributed by atoms with E-state index < -0.39 is 0 Å². The first-order valence-corrected chi connectivity index (χ1v) is 5.49. The quantitative estimate of drug-likeness (QED) is 0.391. The summed E-state index contributed by atoms with van der Waals surface area (Å²) in [4.78, 5) is 13.6. The molecule has 0 saturated carbocycles. The molecule has 0 bridgehead atoms. The van der Waals surface area contributed by atoms with Crippen LogP contribution < -0.4 is 0 Å². The van der Waals surface area contributed by atoms with Gasteiger partial charge in [-0.05, 0) is 0 Å². The number of carbonyl (C=O) groups excluding carboxylic acids is 1. The first-order chi connectivity index (χ1) is 4.38. The maximum absolute atomic E-state index is 10.8. The third kappa shape index (κ3) is 0.795.